The van der Waals surface area contributed by atoms with E-state index in [1.807, 2.05) is 0 Å². The molecule has 0 aromatic rings. The number of aliphatic carboxylic acids is 1. The average Bonchev–Trinajstić information content (AvgIpc) is 1.63. The summed E-state index contributed by atoms with van der Waals surface area (Å²) >= 11 is 0. The van der Waals surface area contributed by atoms with Crippen LogP contribution < -0.4 is 5.73 Å². The van der Waals surface area contributed by atoms with Gasteiger partial charge in [0.05, 0.1) is 0 Å². The van der Waals surface area contributed by atoms with E-state index in [-0.39, 0.29) is 0 Å². The molecule has 1 unspecified atom stereocenters. The summed E-state index contributed by atoms with van der Waals surface area (Å²) in [4.78, 5) is 18.5. The van der Waals surface area contributed by atoms with Crippen molar-refractivity contribution in [1.29, 1.82) is 0 Å². The highest BCUT2D eigenvalue weighted by atomic mass is 16.6. The maximum atomic E-state index is 9.73. The lowest BCUT2D eigenvalue weighted by molar-refractivity contribution is -0.520. The summed E-state index contributed by atoms with van der Waals surface area (Å²) in [5.41, 5.74) is 4.74. The molecule has 0 aliphatic rings. The molecule has 0 fully saturated rings. The monoisotopic (exact) mass is 134 g/mol. The lowest BCUT2D eigenvalue weighted by atomic mass is 10.4. The number of carboxylic acids is 1. The Bertz CT molecular complexity index is 134. The van der Waals surface area contributed by atoms with Crippen LogP contribution in [0, 0.1) is 10.1 Å². The highest BCUT2D eigenvalue weighted by Gasteiger charge is 2.16. The van der Waals surface area contributed by atoms with Crippen LogP contribution in [-0.2, 0) is 4.79 Å². The van der Waals surface area contributed by atoms with Gasteiger partial charge in [-0.2, -0.15) is 0 Å². The van der Waals surface area contributed by atoms with Crippen LogP contribution in [0.4, 0.5) is 0 Å². The zero-order valence-electron chi connectivity index (χ0n) is 4.48. The maximum Gasteiger partial charge on any atom is 0.311 e. The molecule has 0 saturated carbocycles. The average molecular weight is 134 g/mol. The molecule has 0 amide bonds. The Balaban J connectivity index is 3.63. The Labute approximate surface area is 50.4 Å². The van der Waals surface area contributed by atoms with Gasteiger partial charge in [0.15, 0.2) is 0 Å². The number of carboxylic acid groups (broad SMARTS) is 1. The fraction of sp³-hybridized carbons (Fsp3) is 0.667. The van der Waals surface area contributed by atoms with E-state index in [1.165, 1.54) is 0 Å². The lowest BCUT2D eigenvalue weighted by Gasteiger charge is -1.96. The number of hydrogen-bond acceptors (Lipinski definition) is 4. The normalized spacial score (nSPS) is 12.6. The topological polar surface area (TPSA) is 106 Å². The van der Waals surface area contributed by atoms with Crippen LogP contribution in [-0.4, -0.2) is 22.2 Å². The fourth-order valence-electron chi connectivity index (χ4n) is 0.253. The molecular weight excluding hydrogens is 128 g/mol. The fourth-order valence-corrected chi connectivity index (χ4v) is 0.253. The molecule has 0 saturated heterocycles. The molecule has 52 valence electrons. The van der Waals surface area contributed by atoms with Gasteiger partial charge >= 0.3 is 5.97 Å². The molecule has 0 aliphatic carbocycles. The van der Waals surface area contributed by atoms with E-state index in [1.54, 1.807) is 0 Å². The summed E-state index contributed by atoms with van der Waals surface area (Å²) in [5.74, 6) is -1.26. The molecule has 0 rings (SSSR count). The van der Waals surface area contributed by atoms with E-state index in [9.17, 15) is 14.9 Å². The van der Waals surface area contributed by atoms with Crippen molar-refractivity contribution in [2.45, 2.75) is 12.6 Å². The van der Waals surface area contributed by atoms with Crippen molar-refractivity contribution in [3.05, 3.63) is 10.1 Å². The quantitative estimate of drug-likeness (QED) is 0.293. The van der Waals surface area contributed by atoms with E-state index in [4.69, 9.17) is 10.8 Å². The first-order chi connectivity index (χ1) is 4.04. The van der Waals surface area contributed by atoms with Crippen molar-refractivity contribution in [1.82, 2.24) is 0 Å². The van der Waals surface area contributed by atoms with Crippen molar-refractivity contribution >= 4 is 5.97 Å². The van der Waals surface area contributed by atoms with Gasteiger partial charge in [-0.3, -0.25) is 20.6 Å². The highest BCUT2D eigenvalue weighted by Crippen LogP contribution is 1.86. The Morgan fingerprint density at radius 2 is 2.33 bits per heavy atom. The predicted molar refractivity (Wildman–Crippen MR) is 27.2 cm³/mol. The van der Waals surface area contributed by atoms with Crippen LogP contribution in [0.1, 0.15) is 6.42 Å². The van der Waals surface area contributed by atoms with Gasteiger partial charge in [-0.15, -0.1) is 0 Å². The first kappa shape index (κ1) is 7.83. The number of nitrogens with zero attached hydrogens (tertiary/aromatic N) is 1. The lowest BCUT2D eigenvalue weighted by Crippen LogP contribution is -2.31. The van der Waals surface area contributed by atoms with Crippen LogP contribution in [0.2, 0.25) is 0 Å². The molecule has 1 atom stereocenters. The first-order valence-corrected chi connectivity index (χ1v) is 2.15. The second kappa shape index (κ2) is 2.98. The number of nitro groups is 1. The molecule has 0 heterocycles. The second-order valence-corrected chi connectivity index (χ2v) is 1.45. The minimum atomic E-state index is -1.48. The Hall–Kier alpha value is -1.17. The molecule has 9 heavy (non-hydrogen) atoms. The highest BCUT2D eigenvalue weighted by molar-refractivity contribution is 5.67. The molecule has 0 aromatic heterocycles. The zero-order valence-corrected chi connectivity index (χ0v) is 4.48. The molecule has 0 bridgehead atoms. The Morgan fingerprint density at radius 1 is 1.89 bits per heavy atom. The van der Waals surface area contributed by atoms with Crippen LogP contribution in [0.3, 0.4) is 0 Å². The maximum absolute atomic E-state index is 9.73. The first-order valence-electron chi connectivity index (χ1n) is 2.15. The predicted octanol–water partition coefficient (Wildman–Crippen LogP) is -0.977. The van der Waals surface area contributed by atoms with Gasteiger partial charge in [0.1, 0.15) is 6.42 Å². The number of rotatable bonds is 3. The third-order valence-corrected chi connectivity index (χ3v) is 0.655. The van der Waals surface area contributed by atoms with Crippen molar-refractivity contribution in [3.8, 4) is 0 Å². The van der Waals surface area contributed by atoms with Gasteiger partial charge in [0, 0.05) is 4.92 Å². The number of nitrogens with two attached hydrogens (primary N) is 1. The summed E-state index contributed by atoms with van der Waals surface area (Å²) in [6.07, 6.45) is -2.12. The van der Waals surface area contributed by atoms with Crippen LogP contribution in [0.25, 0.3) is 0 Å². The molecule has 6 heteroatoms. The van der Waals surface area contributed by atoms with Crippen molar-refractivity contribution in [2.24, 2.45) is 5.73 Å². The molecular formula is C3H6N2O4. The van der Waals surface area contributed by atoms with E-state index in [0.29, 0.717) is 0 Å². The minimum absolute atomic E-state index is 0.632. The third-order valence-electron chi connectivity index (χ3n) is 0.655. The zero-order chi connectivity index (χ0) is 7.44. The molecule has 3 N–H and O–H groups in total. The van der Waals surface area contributed by atoms with E-state index in [2.05, 4.69) is 0 Å². The molecule has 0 aliphatic heterocycles. The summed E-state index contributed by atoms with van der Waals surface area (Å²) in [6.45, 7) is 0. The van der Waals surface area contributed by atoms with Crippen LogP contribution in [0.5, 0.6) is 0 Å². The van der Waals surface area contributed by atoms with Crippen molar-refractivity contribution < 1.29 is 14.8 Å². The van der Waals surface area contributed by atoms with E-state index >= 15 is 0 Å². The van der Waals surface area contributed by atoms with Gasteiger partial charge in [0.2, 0.25) is 0 Å². The summed E-state index contributed by atoms with van der Waals surface area (Å²) in [5, 5.41) is 17.6. The molecule has 0 aromatic carbocycles. The minimum Gasteiger partial charge on any atom is -0.481 e. The number of carbonyl (C=O) groups is 1. The smallest absolute Gasteiger partial charge is 0.311 e. The SMILES string of the molecule is NC(CC(=O)O)[N+](=O)[O-]. The van der Waals surface area contributed by atoms with E-state index < -0.39 is 23.5 Å². The van der Waals surface area contributed by atoms with Gasteiger partial charge < -0.3 is 5.11 Å². The van der Waals surface area contributed by atoms with Crippen LogP contribution in [0.15, 0.2) is 0 Å². The largest absolute Gasteiger partial charge is 0.481 e. The Kier molecular flexibility index (Phi) is 2.59. The van der Waals surface area contributed by atoms with Gasteiger partial charge in [0.25, 0.3) is 6.17 Å². The molecule has 0 radical (unpaired) electrons. The number of hydrogen-bond donors (Lipinski definition) is 2. The summed E-state index contributed by atoms with van der Waals surface area (Å²) < 4.78 is 0. The molecule has 6 nitrogen and oxygen atoms in total. The van der Waals surface area contributed by atoms with Crippen molar-refractivity contribution in [2.75, 3.05) is 0 Å². The van der Waals surface area contributed by atoms with E-state index in [0.717, 1.165) is 0 Å². The van der Waals surface area contributed by atoms with Gasteiger partial charge in [-0.1, -0.05) is 0 Å². The second-order valence-electron chi connectivity index (χ2n) is 1.45. The standard InChI is InChI=1S/C3H6N2O4/c4-2(5(8)9)1-3(6)7/h2H,1,4H2,(H,6,7). The third kappa shape index (κ3) is 3.42. The van der Waals surface area contributed by atoms with Gasteiger partial charge in [-0.05, 0) is 0 Å². The van der Waals surface area contributed by atoms with Crippen molar-refractivity contribution in [3.63, 3.8) is 0 Å². The van der Waals surface area contributed by atoms with Crippen LogP contribution >= 0.6 is 0 Å². The Morgan fingerprint density at radius 3 is 2.44 bits per heavy atom. The van der Waals surface area contributed by atoms with Gasteiger partial charge in [-0.25, -0.2) is 0 Å². The summed E-state index contributed by atoms with van der Waals surface area (Å²) in [7, 11) is 0. The summed E-state index contributed by atoms with van der Waals surface area (Å²) in [6, 6.07) is 0. The molecule has 0 spiro atoms.